The number of alkyl carbamates (subject to hydrolysis) is 1. The summed E-state index contributed by atoms with van der Waals surface area (Å²) in [6.45, 7) is 15.4. The van der Waals surface area contributed by atoms with Crippen LogP contribution in [0.4, 0.5) is 9.18 Å². The molecule has 8 nitrogen and oxygen atoms in total. The molecule has 0 heterocycles. The van der Waals surface area contributed by atoms with Gasteiger partial charge in [0.25, 0.3) is 10.1 Å². The van der Waals surface area contributed by atoms with Gasteiger partial charge in [-0.3, -0.25) is 4.18 Å². The molecule has 1 N–H and O–H groups in total. The maximum atomic E-state index is 14.1. The number of halogens is 1. The number of amides is 1. The van der Waals surface area contributed by atoms with Gasteiger partial charge < -0.3 is 14.5 Å². The Kier molecular flexibility index (Phi) is 9.85. The van der Waals surface area contributed by atoms with Crippen molar-refractivity contribution < 1.29 is 30.9 Å². The molecule has 1 amide bonds. The summed E-state index contributed by atoms with van der Waals surface area (Å²) in [6, 6.07) is 5.41. The quantitative estimate of drug-likeness (QED) is 0.362. The summed E-state index contributed by atoms with van der Waals surface area (Å²) < 4.78 is 55.2. The van der Waals surface area contributed by atoms with Crippen molar-refractivity contribution in [3.8, 4) is 6.07 Å². The lowest BCUT2D eigenvalue weighted by Gasteiger charge is -2.40. The number of nitriles is 1. The first kappa shape index (κ1) is 30.0. The molecule has 0 aliphatic heterocycles. The fourth-order valence-corrected chi connectivity index (χ4v) is 4.80. The van der Waals surface area contributed by atoms with E-state index < -0.39 is 48.2 Å². The van der Waals surface area contributed by atoms with Gasteiger partial charge in [0.05, 0.1) is 24.0 Å². The zero-order valence-electron chi connectivity index (χ0n) is 21.5. The summed E-state index contributed by atoms with van der Waals surface area (Å²) in [5, 5.41) is 11.7. The predicted molar refractivity (Wildman–Crippen MR) is 131 cm³/mol. The normalized spacial score (nSPS) is 14.7. The number of benzene rings is 1. The summed E-state index contributed by atoms with van der Waals surface area (Å²) in [6.07, 6.45) is -1.56. The molecule has 0 aliphatic carbocycles. The van der Waals surface area contributed by atoms with Gasteiger partial charge in [0.1, 0.15) is 17.5 Å². The second kappa shape index (κ2) is 11.2. The van der Waals surface area contributed by atoms with Gasteiger partial charge in [-0.25, -0.2) is 9.18 Å². The van der Waals surface area contributed by atoms with Crippen molar-refractivity contribution in [1.29, 1.82) is 5.26 Å². The first-order valence-electron chi connectivity index (χ1n) is 11.0. The topological polar surface area (TPSA) is 115 Å². The monoisotopic (exact) mass is 516 g/mol. The van der Waals surface area contributed by atoms with Crippen LogP contribution in [-0.2, 0) is 23.5 Å². The van der Waals surface area contributed by atoms with Crippen molar-refractivity contribution in [2.45, 2.75) is 83.9 Å². The first-order valence-corrected chi connectivity index (χ1v) is 15.7. The van der Waals surface area contributed by atoms with Gasteiger partial charge in [-0.1, -0.05) is 20.8 Å². The van der Waals surface area contributed by atoms with Crippen LogP contribution in [0, 0.1) is 17.1 Å². The molecule has 0 radical (unpaired) electrons. The Bertz CT molecular complexity index is 1010. The van der Waals surface area contributed by atoms with Crippen LogP contribution in [0.1, 0.15) is 65.2 Å². The van der Waals surface area contributed by atoms with E-state index in [1.165, 1.54) is 6.07 Å². The molecule has 0 saturated heterocycles. The molecule has 192 valence electrons. The van der Waals surface area contributed by atoms with Crippen molar-refractivity contribution >= 4 is 24.5 Å². The average molecular weight is 517 g/mol. The van der Waals surface area contributed by atoms with Crippen LogP contribution in [0.2, 0.25) is 18.1 Å². The number of ether oxygens (including phenoxy) is 1. The van der Waals surface area contributed by atoms with Gasteiger partial charge in [0.2, 0.25) is 0 Å². The van der Waals surface area contributed by atoms with Gasteiger partial charge in [-0.05, 0) is 62.7 Å². The first-order chi connectivity index (χ1) is 15.2. The molecule has 1 aromatic carbocycles. The molecular weight excluding hydrogens is 479 g/mol. The molecule has 11 heteroatoms. The van der Waals surface area contributed by atoms with E-state index in [0.717, 1.165) is 18.4 Å². The molecular formula is C23H37FN2O6SSi. The van der Waals surface area contributed by atoms with Crippen LogP contribution in [-0.4, -0.2) is 47.3 Å². The largest absolute Gasteiger partial charge is 0.444 e. The lowest BCUT2D eigenvalue weighted by molar-refractivity contribution is 0.0468. The highest BCUT2D eigenvalue weighted by Gasteiger charge is 2.40. The third-order valence-electron chi connectivity index (χ3n) is 5.33. The van der Waals surface area contributed by atoms with Crippen LogP contribution in [0.15, 0.2) is 18.2 Å². The standard InChI is InChI=1S/C23H37FN2O6SSi/c1-22(2,3)30-21(27)26-15-19(32-34(8,9)23(4,5)6)13-20(31-33(7,28)29)17-10-16(14-25)11-18(24)12-17/h10-12,19-20H,13,15H2,1-9H3,(H,26,27)/t19-,20?/m1/s1. The number of nitrogens with one attached hydrogen (secondary N) is 1. The minimum Gasteiger partial charge on any atom is -0.444 e. The van der Waals surface area contributed by atoms with Crippen molar-refractivity contribution in [3.05, 3.63) is 35.1 Å². The smallest absolute Gasteiger partial charge is 0.407 e. The van der Waals surface area contributed by atoms with Gasteiger partial charge in [-0.15, -0.1) is 0 Å². The summed E-state index contributed by atoms with van der Waals surface area (Å²) in [5.41, 5.74) is -0.481. The number of rotatable bonds is 9. The lowest BCUT2D eigenvalue weighted by Crippen LogP contribution is -2.48. The second-order valence-electron chi connectivity index (χ2n) is 10.8. The van der Waals surface area contributed by atoms with Gasteiger partial charge in [-0.2, -0.15) is 13.7 Å². The lowest BCUT2D eigenvalue weighted by atomic mass is 10.0. The Balaban J connectivity index is 3.32. The van der Waals surface area contributed by atoms with E-state index in [4.69, 9.17) is 13.3 Å². The minimum absolute atomic E-state index is 0.0102. The van der Waals surface area contributed by atoms with E-state index in [2.05, 4.69) is 5.32 Å². The van der Waals surface area contributed by atoms with Crippen LogP contribution in [0.25, 0.3) is 0 Å². The van der Waals surface area contributed by atoms with Crippen LogP contribution >= 0.6 is 0 Å². The predicted octanol–water partition coefficient (Wildman–Crippen LogP) is 5.02. The van der Waals surface area contributed by atoms with Crippen molar-refractivity contribution in [2.75, 3.05) is 12.8 Å². The fourth-order valence-electron chi connectivity index (χ4n) is 2.82. The molecule has 1 rings (SSSR count). The van der Waals surface area contributed by atoms with Crippen molar-refractivity contribution in [2.24, 2.45) is 0 Å². The molecule has 0 bridgehead atoms. The number of hydrogen-bond donors (Lipinski definition) is 1. The summed E-state index contributed by atoms with van der Waals surface area (Å²) in [4.78, 5) is 12.2. The van der Waals surface area contributed by atoms with E-state index in [1.807, 2.05) is 39.9 Å². The van der Waals surface area contributed by atoms with E-state index in [9.17, 15) is 22.9 Å². The molecule has 0 saturated carbocycles. The zero-order valence-corrected chi connectivity index (χ0v) is 23.3. The molecule has 1 unspecified atom stereocenters. The van der Waals surface area contributed by atoms with E-state index >= 15 is 0 Å². The third-order valence-corrected chi connectivity index (χ3v) is 10.4. The van der Waals surface area contributed by atoms with Crippen molar-refractivity contribution in [1.82, 2.24) is 5.32 Å². The zero-order chi connectivity index (χ0) is 26.5. The van der Waals surface area contributed by atoms with Gasteiger partial charge in [0.15, 0.2) is 8.32 Å². The van der Waals surface area contributed by atoms with Crippen LogP contribution < -0.4 is 5.32 Å². The summed E-state index contributed by atoms with van der Waals surface area (Å²) in [5.74, 6) is -0.690. The fraction of sp³-hybridized carbons (Fsp3) is 0.652. The molecule has 0 aliphatic rings. The van der Waals surface area contributed by atoms with Gasteiger partial charge >= 0.3 is 6.09 Å². The average Bonchev–Trinajstić information content (AvgIpc) is 2.61. The van der Waals surface area contributed by atoms with Gasteiger partial charge in [0, 0.05) is 13.0 Å². The maximum absolute atomic E-state index is 14.1. The number of carbonyl (C=O) groups is 1. The maximum Gasteiger partial charge on any atom is 0.407 e. The Labute approximate surface area is 204 Å². The molecule has 0 spiro atoms. The Hall–Kier alpha value is -2.00. The Morgan fingerprint density at radius 2 is 1.76 bits per heavy atom. The number of hydrogen-bond acceptors (Lipinski definition) is 7. The summed E-state index contributed by atoms with van der Waals surface area (Å²) in [7, 11) is -6.30. The SMILES string of the molecule is CC(C)(C)OC(=O)NC[C@@H](CC(OS(C)(=O)=O)c1cc(F)cc(C#N)c1)O[Si](C)(C)C(C)(C)C. The van der Waals surface area contributed by atoms with E-state index in [1.54, 1.807) is 20.8 Å². The minimum atomic E-state index is -3.94. The Morgan fingerprint density at radius 3 is 2.24 bits per heavy atom. The molecule has 1 aromatic rings. The highest BCUT2D eigenvalue weighted by Crippen LogP contribution is 2.38. The van der Waals surface area contributed by atoms with E-state index in [-0.39, 0.29) is 29.1 Å². The van der Waals surface area contributed by atoms with E-state index in [0.29, 0.717) is 0 Å². The highest BCUT2D eigenvalue weighted by atomic mass is 32.2. The molecule has 2 atom stereocenters. The van der Waals surface area contributed by atoms with Crippen LogP contribution in [0.5, 0.6) is 0 Å². The number of carbonyl (C=O) groups excluding carboxylic acids is 1. The second-order valence-corrected chi connectivity index (χ2v) is 17.1. The summed E-state index contributed by atoms with van der Waals surface area (Å²) >= 11 is 0. The molecule has 0 aromatic heterocycles. The molecule has 34 heavy (non-hydrogen) atoms. The van der Waals surface area contributed by atoms with Crippen molar-refractivity contribution in [3.63, 3.8) is 0 Å². The third kappa shape index (κ3) is 10.5. The highest BCUT2D eigenvalue weighted by molar-refractivity contribution is 7.86. The molecule has 0 fully saturated rings. The Morgan fingerprint density at radius 1 is 1.18 bits per heavy atom. The van der Waals surface area contributed by atoms with Crippen LogP contribution in [0.3, 0.4) is 0 Å². The number of nitrogens with zero attached hydrogens (tertiary/aromatic N) is 1.